The summed E-state index contributed by atoms with van der Waals surface area (Å²) >= 11 is 0. The van der Waals surface area contributed by atoms with E-state index in [0.29, 0.717) is 12.3 Å². The Morgan fingerprint density at radius 3 is 2.42 bits per heavy atom. The highest BCUT2D eigenvalue weighted by Gasteiger charge is 2.26. The van der Waals surface area contributed by atoms with Gasteiger partial charge >= 0.3 is 0 Å². The van der Waals surface area contributed by atoms with Crippen LogP contribution in [0.5, 0.6) is 0 Å². The van der Waals surface area contributed by atoms with E-state index >= 15 is 0 Å². The van der Waals surface area contributed by atoms with Crippen LogP contribution in [0, 0.1) is 13.8 Å². The van der Waals surface area contributed by atoms with Crippen LogP contribution in [0.2, 0.25) is 0 Å². The number of hydrogen-bond donors (Lipinski definition) is 1. The highest BCUT2D eigenvalue weighted by atomic mass is 32.2. The third kappa shape index (κ3) is 3.58. The van der Waals surface area contributed by atoms with Crippen molar-refractivity contribution in [2.45, 2.75) is 25.3 Å². The Morgan fingerprint density at radius 2 is 1.81 bits per heavy atom. The summed E-state index contributed by atoms with van der Waals surface area (Å²) in [6.45, 7) is 3.60. The van der Waals surface area contributed by atoms with E-state index in [4.69, 9.17) is 9.26 Å². The van der Waals surface area contributed by atoms with Crippen molar-refractivity contribution in [2.75, 3.05) is 11.8 Å². The molecule has 136 valence electrons. The van der Waals surface area contributed by atoms with Crippen molar-refractivity contribution in [3.8, 4) is 11.3 Å². The molecule has 2 aromatic heterocycles. The molecule has 0 amide bonds. The summed E-state index contributed by atoms with van der Waals surface area (Å²) in [5, 5.41) is 3.69. The molecule has 0 radical (unpaired) electrons. The molecule has 0 spiro atoms. The van der Waals surface area contributed by atoms with Crippen LogP contribution in [-0.2, 0) is 21.4 Å². The van der Waals surface area contributed by atoms with Crippen molar-refractivity contribution in [3.05, 3.63) is 53.7 Å². The molecule has 1 aromatic carbocycles. The van der Waals surface area contributed by atoms with Gasteiger partial charge in [0.05, 0.1) is 6.61 Å². The third-order valence-corrected chi connectivity index (χ3v) is 5.29. The van der Waals surface area contributed by atoms with E-state index in [1.54, 1.807) is 21.0 Å². The second-order valence-corrected chi connectivity index (χ2v) is 7.26. The second-order valence-electron chi connectivity index (χ2n) is 5.64. The zero-order valence-corrected chi connectivity index (χ0v) is 15.4. The number of hydrogen-bond acceptors (Lipinski definition) is 7. The number of methoxy groups -OCH3 is 1. The Hall–Kier alpha value is -2.78. The van der Waals surface area contributed by atoms with Gasteiger partial charge in [-0.15, -0.1) is 0 Å². The lowest BCUT2D eigenvalue weighted by Gasteiger charge is -2.11. The Balaban J connectivity index is 1.97. The number of rotatable bonds is 6. The number of aromatic nitrogens is 3. The zero-order valence-electron chi connectivity index (χ0n) is 14.6. The van der Waals surface area contributed by atoms with Gasteiger partial charge in [0.2, 0.25) is 0 Å². The van der Waals surface area contributed by atoms with Gasteiger partial charge in [-0.1, -0.05) is 29.4 Å². The molecule has 8 nitrogen and oxygen atoms in total. The minimum Gasteiger partial charge on any atom is -0.380 e. The van der Waals surface area contributed by atoms with E-state index in [9.17, 15) is 8.42 Å². The number of nitrogens with zero attached hydrogens (tertiary/aromatic N) is 3. The maximum Gasteiger partial charge on any atom is 0.268 e. The number of anilines is 1. The SMILES string of the molecule is COCc1ccc(-c2nccnc2NS(=O)(=O)c2c(C)noc2C)cc1. The lowest BCUT2D eigenvalue weighted by atomic mass is 10.1. The summed E-state index contributed by atoms with van der Waals surface area (Å²) in [6, 6.07) is 7.46. The number of benzene rings is 1. The van der Waals surface area contributed by atoms with Gasteiger partial charge < -0.3 is 9.26 Å². The normalized spacial score (nSPS) is 11.5. The monoisotopic (exact) mass is 374 g/mol. The minimum atomic E-state index is -3.91. The fourth-order valence-electron chi connectivity index (χ4n) is 2.59. The fraction of sp³-hybridized carbons (Fsp3) is 0.235. The zero-order chi connectivity index (χ0) is 18.7. The Bertz CT molecular complexity index is 994. The summed E-state index contributed by atoms with van der Waals surface area (Å²) < 4.78 is 38.0. The second kappa shape index (κ2) is 7.22. The van der Waals surface area contributed by atoms with Gasteiger partial charge in [0.15, 0.2) is 16.5 Å². The van der Waals surface area contributed by atoms with Gasteiger partial charge in [0, 0.05) is 25.1 Å². The summed E-state index contributed by atoms with van der Waals surface area (Å²) in [5.41, 5.74) is 2.43. The quantitative estimate of drug-likeness (QED) is 0.707. The average molecular weight is 374 g/mol. The fourth-order valence-corrected chi connectivity index (χ4v) is 3.93. The number of sulfonamides is 1. The highest BCUT2D eigenvalue weighted by molar-refractivity contribution is 7.92. The van der Waals surface area contributed by atoms with E-state index in [2.05, 4.69) is 19.8 Å². The molecule has 0 saturated heterocycles. The molecule has 26 heavy (non-hydrogen) atoms. The molecular formula is C17H18N4O4S. The average Bonchev–Trinajstić information content (AvgIpc) is 2.95. The van der Waals surface area contributed by atoms with Crippen LogP contribution in [0.15, 0.2) is 46.1 Å². The maximum atomic E-state index is 12.7. The number of ether oxygens (including phenoxy) is 1. The standard InChI is InChI=1S/C17H18N4O4S/c1-11-16(12(2)25-20-11)26(22,23)21-17-15(18-8-9-19-17)14-6-4-13(5-7-14)10-24-3/h4-9H,10H2,1-3H3,(H,19,21). The third-order valence-electron chi connectivity index (χ3n) is 3.70. The van der Waals surface area contributed by atoms with Crippen molar-refractivity contribution in [1.29, 1.82) is 0 Å². The van der Waals surface area contributed by atoms with Gasteiger partial charge in [-0.05, 0) is 19.4 Å². The lowest BCUT2D eigenvalue weighted by molar-refractivity contribution is 0.185. The largest absolute Gasteiger partial charge is 0.380 e. The topological polar surface area (TPSA) is 107 Å². The Labute approximate surface area is 151 Å². The predicted molar refractivity (Wildman–Crippen MR) is 95.0 cm³/mol. The van der Waals surface area contributed by atoms with Crippen molar-refractivity contribution in [1.82, 2.24) is 15.1 Å². The molecule has 0 saturated carbocycles. The molecule has 2 heterocycles. The molecule has 3 rings (SSSR count). The van der Waals surface area contributed by atoms with Crippen LogP contribution in [0.3, 0.4) is 0 Å². The molecule has 0 aliphatic heterocycles. The predicted octanol–water partition coefficient (Wildman–Crippen LogP) is 2.70. The first kappa shape index (κ1) is 18.0. The van der Waals surface area contributed by atoms with Gasteiger partial charge in [0.1, 0.15) is 11.4 Å². The molecule has 0 aliphatic carbocycles. The first-order chi connectivity index (χ1) is 12.4. The molecule has 3 aromatic rings. The van der Waals surface area contributed by atoms with Gasteiger partial charge in [-0.25, -0.2) is 13.4 Å². The number of nitrogens with one attached hydrogen (secondary N) is 1. The van der Waals surface area contributed by atoms with Crippen molar-refractivity contribution >= 4 is 15.8 Å². The summed E-state index contributed by atoms with van der Waals surface area (Å²) in [7, 11) is -2.28. The molecule has 1 N–H and O–H groups in total. The first-order valence-electron chi connectivity index (χ1n) is 7.77. The van der Waals surface area contributed by atoms with Gasteiger partial charge in [-0.2, -0.15) is 0 Å². The van der Waals surface area contributed by atoms with Crippen LogP contribution in [0.25, 0.3) is 11.3 Å². The van der Waals surface area contributed by atoms with Crippen molar-refractivity contribution in [2.24, 2.45) is 0 Å². The molecule has 0 unspecified atom stereocenters. The van der Waals surface area contributed by atoms with E-state index in [1.165, 1.54) is 12.4 Å². The molecule has 0 bridgehead atoms. The molecule has 0 fully saturated rings. The van der Waals surface area contributed by atoms with Crippen molar-refractivity contribution in [3.63, 3.8) is 0 Å². The Kier molecular flexibility index (Phi) is 5.01. The van der Waals surface area contributed by atoms with Gasteiger partial charge in [0.25, 0.3) is 10.0 Å². The van der Waals surface area contributed by atoms with E-state index in [1.807, 2.05) is 24.3 Å². The highest BCUT2D eigenvalue weighted by Crippen LogP contribution is 2.27. The molecule has 0 aliphatic rings. The molecule has 0 atom stereocenters. The summed E-state index contributed by atoms with van der Waals surface area (Å²) in [6.07, 6.45) is 2.93. The van der Waals surface area contributed by atoms with Crippen LogP contribution in [-0.4, -0.2) is 30.7 Å². The van der Waals surface area contributed by atoms with Crippen LogP contribution >= 0.6 is 0 Å². The van der Waals surface area contributed by atoms with Crippen LogP contribution < -0.4 is 4.72 Å². The van der Waals surface area contributed by atoms with E-state index in [-0.39, 0.29) is 22.2 Å². The summed E-state index contributed by atoms with van der Waals surface area (Å²) in [4.78, 5) is 8.42. The van der Waals surface area contributed by atoms with E-state index < -0.39 is 10.0 Å². The van der Waals surface area contributed by atoms with Crippen LogP contribution in [0.1, 0.15) is 17.0 Å². The smallest absolute Gasteiger partial charge is 0.268 e. The van der Waals surface area contributed by atoms with E-state index in [0.717, 1.165) is 11.1 Å². The lowest BCUT2D eigenvalue weighted by Crippen LogP contribution is -2.16. The number of aryl methyl sites for hydroxylation is 2. The molecule has 9 heteroatoms. The molecular weight excluding hydrogens is 356 g/mol. The minimum absolute atomic E-state index is 0.00421. The first-order valence-corrected chi connectivity index (χ1v) is 9.25. The van der Waals surface area contributed by atoms with Gasteiger partial charge in [-0.3, -0.25) is 9.71 Å². The maximum absolute atomic E-state index is 12.7. The van der Waals surface area contributed by atoms with Crippen LogP contribution in [0.4, 0.5) is 5.82 Å². The summed E-state index contributed by atoms with van der Waals surface area (Å²) in [5.74, 6) is 0.344. The van der Waals surface area contributed by atoms with Crippen molar-refractivity contribution < 1.29 is 17.7 Å². The Morgan fingerprint density at radius 1 is 1.12 bits per heavy atom.